The first kappa shape index (κ1) is 17.2. The van der Waals surface area contributed by atoms with Gasteiger partial charge in [0, 0.05) is 29.8 Å². The molecular formula is C20H20N2O2S. The number of hydrogen-bond acceptors (Lipinski definition) is 4. The lowest BCUT2D eigenvalue weighted by Gasteiger charge is -2.20. The molecule has 2 heterocycles. The van der Waals surface area contributed by atoms with Gasteiger partial charge in [-0.05, 0) is 11.4 Å². The summed E-state index contributed by atoms with van der Waals surface area (Å²) in [5.74, 6) is 1.39. The van der Waals surface area contributed by atoms with Gasteiger partial charge in [-0.25, -0.2) is 4.98 Å². The molecule has 0 spiro atoms. The highest BCUT2D eigenvalue weighted by Crippen LogP contribution is 2.20. The molecule has 3 rings (SSSR count). The van der Waals surface area contributed by atoms with Crippen LogP contribution in [0.5, 0.6) is 0 Å². The number of carbonyl (C=O) groups is 1. The average molecular weight is 352 g/mol. The number of aromatic nitrogens is 1. The summed E-state index contributed by atoms with van der Waals surface area (Å²) in [7, 11) is 0. The highest BCUT2D eigenvalue weighted by Gasteiger charge is 2.15. The largest absolute Gasteiger partial charge is 0.441 e. The van der Waals surface area contributed by atoms with E-state index in [1.807, 2.05) is 47.8 Å². The van der Waals surface area contributed by atoms with Crippen molar-refractivity contribution in [1.82, 2.24) is 9.88 Å². The fourth-order valence-corrected chi connectivity index (χ4v) is 3.25. The van der Waals surface area contributed by atoms with Crippen molar-refractivity contribution < 1.29 is 9.21 Å². The number of amides is 1. The van der Waals surface area contributed by atoms with E-state index in [9.17, 15) is 4.79 Å². The molecule has 0 aliphatic heterocycles. The molecule has 0 N–H and O–H groups in total. The molecule has 0 fully saturated rings. The minimum Gasteiger partial charge on any atom is -0.441 e. The summed E-state index contributed by atoms with van der Waals surface area (Å²) in [5, 5.41) is 2.02. The monoisotopic (exact) mass is 352 g/mol. The predicted molar refractivity (Wildman–Crippen MR) is 100 cm³/mol. The Morgan fingerprint density at radius 2 is 2.08 bits per heavy atom. The van der Waals surface area contributed by atoms with Crippen molar-refractivity contribution in [3.63, 3.8) is 0 Å². The van der Waals surface area contributed by atoms with Crippen molar-refractivity contribution >= 4 is 17.2 Å². The summed E-state index contributed by atoms with van der Waals surface area (Å²) in [6.45, 7) is 4.90. The zero-order valence-corrected chi connectivity index (χ0v) is 14.7. The van der Waals surface area contributed by atoms with Crippen LogP contribution >= 0.6 is 11.3 Å². The van der Waals surface area contributed by atoms with E-state index in [0.29, 0.717) is 31.8 Å². The molecule has 1 aromatic carbocycles. The maximum Gasteiger partial charge on any atom is 0.223 e. The lowest BCUT2D eigenvalue weighted by molar-refractivity contribution is -0.131. The fourth-order valence-electron chi connectivity index (χ4n) is 2.53. The second kappa shape index (κ2) is 8.44. The second-order valence-corrected chi connectivity index (χ2v) is 6.66. The van der Waals surface area contributed by atoms with Crippen LogP contribution in [-0.2, 0) is 17.8 Å². The minimum atomic E-state index is 0.0766. The molecule has 0 saturated carbocycles. The maximum atomic E-state index is 12.5. The Bertz CT molecular complexity index is 809. The van der Waals surface area contributed by atoms with Gasteiger partial charge in [0.15, 0.2) is 11.7 Å². The van der Waals surface area contributed by atoms with Gasteiger partial charge in [-0.15, -0.1) is 17.9 Å². The van der Waals surface area contributed by atoms with Crippen LogP contribution in [0.1, 0.15) is 17.2 Å². The third-order valence-electron chi connectivity index (χ3n) is 3.79. The predicted octanol–water partition coefficient (Wildman–Crippen LogP) is 4.55. The van der Waals surface area contributed by atoms with Crippen molar-refractivity contribution in [1.29, 1.82) is 0 Å². The van der Waals surface area contributed by atoms with E-state index in [1.54, 1.807) is 28.5 Å². The Morgan fingerprint density at radius 1 is 1.24 bits per heavy atom. The van der Waals surface area contributed by atoms with Crippen LogP contribution in [0, 0.1) is 0 Å². The summed E-state index contributed by atoms with van der Waals surface area (Å²) in [6, 6.07) is 13.9. The molecule has 0 bridgehead atoms. The molecule has 0 atom stereocenters. The summed E-state index contributed by atoms with van der Waals surface area (Å²) in [4.78, 5) is 19.8. The van der Waals surface area contributed by atoms with Gasteiger partial charge in [-0.3, -0.25) is 4.79 Å². The van der Waals surface area contributed by atoms with E-state index in [2.05, 4.69) is 11.6 Å². The SMILES string of the molecule is C=CCN(Cc1cccs1)C(=O)CCc1ncc(-c2ccccc2)o1. The van der Waals surface area contributed by atoms with E-state index in [1.165, 1.54) is 0 Å². The van der Waals surface area contributed by atoms with Crippen LogP contribution in [0.15, 0.2) is 71.1 Å². The zero-order valence-electron chi connectivity index (χ0n) is 13.9. The van der Waals surface area contributed by atoms with E-state index in [-0.39, 0.29) is 5.91 Å². The topological polar surface area (TPSA) is 46.3 Å². The van der Waals surface area contributed by atoms with Crippen molar-refractivity contribution in [2.45, 2.75) is 19.4 Å². The third-order valence-corrected chi connectivity index (χ3v) is 4.65. The van der Waals surface area contributed by atoms with Crippen LogP contribution in [0.3, 0.4) is 0 Å². The van der Waals surface area contributed by atoms with E-state index >= 15 is 0 Å². The Hall–Kier alpha value is -2.66. The van der Waals surface area contributed by atoms with Gasteiger partial charge in [0.25, 0.3) is 0 Å². The number of benzene rings is 1. The van der Waals surface area contributed by atoms with E-state index < -0.39 is 0 Å². The van der Waals surface area contributed by atoms with E-state index in [4.69, 9.17) is 4.42 Å². The zero-order chi connectivity index (χ0) is 17.5. The van der Waals surface area contributed by atoms with E-state index in [0.717, 1.165) is 16.2 Å². The number of rotatable bonds is 8. The van der Waals surface area contributed by atoms with Gasteiger partial charge >= 0.3 is 0 Å². The van der Waals surface area contributed by atoms with Gasteiger partial charge in [0.1, 0.15) is 0 Å². The molecular weight excluding hydrogens is 332 g/mol. The van der Waals surface area contributed by atoms with Gasteiger partial charge in [-0.2, -0.15) is 0 Å². The first-order valence-electron chi connectivity index (χ1n) is 8.17. The van der Waals surface area contributed by atoms with Crippen molar-refractivity contribution in [3.8, 4) is 11.3 Å². The molecule has 5 heteroatoms. The lowest BCUT2D eigenvalue weighted by Crippen LogP contribution is -2.30. The quantitative estimate of drug-likeness (QED) is 0.559. The van der Waals surface area contributed by atoms with Crippen LogP contribution in [0.4, 0.5) is 0 Å². The van der Waals surface area contributed by atoms with Gasteiger partial charge in [-0.1, -0.05) is 42.5 Å². The average Bonchev–Trinajstić information content (AvgIpc) is 3.32. The molecule has 3 aromatic rings. The summed E-state index contributed by atoms with van der Waals surface area (Å²) in [5.41, 5.74) is 0.985. The Labute approximate surface area is 151 Å². The fraction of sp³-hybridized carbons (Fsp3) is 0.200. The Kier molecular flexibility index (Phi) is 5.80. The Balaban J connectivity index is 1.59. The van der Waals surface area contributed by atoms with Crippen LogP contribution < -0.4 is 0 Å². The van der Waals surface area contributed by atoms with Crippen LogP contribution in [0.2, 0.25) is 0 Å². The maximum absolute atomic E-state index is 12.5. The number of thiophene rings is 1. The van der Waals surface area contributed by atoms with Gasteiger partial charge in [0.2, 0.25) is 5.91 Å². The number of nitrogens with zero attached hydrogens (tertiary/aromatic N) is 2. The van der Waals surface area contributed by atoms with Crippen LogP contribution in [0.25, 0.3) is 11.3 Å². The number of aryl methyl sites for hydroxylation is 1. The second-order valence-electron chi connectivity index (χ2n) is 5.63. The molecule has 1 amide bonds. The molecule has 0 unspecified atom stereocenters. The molecule has 128 valence electrons. The molecule has 0 aliphatic carbocycles. The Morgan fingerprint density at radius 3 is 2.80 bits per heavy atom. The normalized spacial score (nSPS) is 10.6. The van der Waals surface area contributed by atoms with Crippen molar-refractivity contribution in [3.05, 3.63) is 77.5 Å². The number of oxazole rings is 1. The van der Waals surface area contributed by atoms with Crippen molar-refractivity contribution in [2.24, 2.45) is 0 Å². The molecule has 0 aliphatic rings. The molecule has 25 heavy (non-hydrogen) atoms. The number of carbonyl (C=O) groups excluding carboxylic acids is 1. The summed E-state index contributed by atoms with van der Waals surface area (Å²) < 4.78 is 5.77. The first-order valence-corrected chi connectivity index (χ1v) is 9.05. The van der Waals surface area contributed by atoms with Gasteiger partial charge < -0.3 is 9.32 Å². The van der Waals surface area contributed by atoms with Crippen molar-refractivity contribution in [2.75, 3.05) is 6.54 Å². The molecule has 0 saturated heterocycles. The lowest BCUT2D eigenvalue weighted by atomic mass is 10.2. The molecule has 2 aromatic heterocycles. The smallest absolute Gasteiger partial charge is 0.223 e. The van der Waals surface area contributed by atoms with Gasteiger partial charge in [0.05, 0.1) is 12.7 Å². The minimum absolute atomic E-state index is 0.0766. The third kappa shape index (κ3) is 4.67. The molecule has 4 nitrogen and oxygen atoms in total. The first-order chi connectivity index (χ1) is 12.3. The highest BCUT2D eigenvalue weighted by molar-refractivity contribution is 7.09. The summed E-state index contributed by atoms with van der Waals surface area (Å²) in [6.07, 6.45) is 4.32. The van der Waals surface area contributed by atoms with Crippen LogP contribution in [-0.4, -0.2) is 22.3 Å². The molecule has 0 radical (unpaired) electrons. The summed E-state index contributed by atoms with van der Waals surface area (Å²) >= 11 is 1.65. The number of hydrogen-bond donors (Lipinski definition) is 0. The highest BCUT2D eigenvalue weighted by atomic mass is 32.1. The standard InChI is InChI=1S/C20H20N2O2S/c1-2-12-22(15-17-9-6-13-25-17)20(23)11-10-19-21-14-18(24-19)16-7-4-3-5-8-16/h2-9,13-14H,1,10-12,15H2.